The minimum Gasteiger partial charge on any atom is -0.397 e. The first kappa shape index (κ1) is 14.2. The van der Waals surface area contributed by atoms with Crippen LogP contribution in [-0.4, -0.2) is 55.0 Å². The highest BCUT2D eigenvalue weighted by Crippen LogP contribution is 2.31. The molecule has 21 heavy (non-hydrogen) atoms. The van der Waals surface area contributed by atoms with E-state index in [-0.39, 0.29) is 5.91 Å². The van der Waals surface area contributed by atoms with Crippen molar-refractivity contribution < 1.29 is 4.79 Å². The molecule has 0 spiro atoms. The van der Waals surface area contributed by atoms with Crippen LogP contribution in [0.1, 0.15) is 29.6 Å². The molecule has 1 unspecified atom stereocenters. The van der Waals surface area contributed by atoms with E-state index in [0.717, 1.165) is 24.7 Å². The molecule has 0 aromatic heterocycles. The summed E-state index contributed by atoms with van der Waals surface area (Å²) in [6, 6.07) is 6.82. The van der Waals surface area contributed by atoms with E-state index in [1.165, 1.54) is 19.4 Å². The van der Waals surface area contributed by atoms with Crippen LogP contribution in [0.4, 0.5) is 11.4 Å². The molecule has 1 saturated heterocycles. The van der Waals surface area contributed by atoms with Gasteiger partial charge in [-0.15, -0.1) is 0 Å². The fourth-order valence-corrected chi connectivity index (χ4v) is 2.98. The highest BCUT2D eigenvalue weighted by atomic mass is 16.2. The van der Waals surface area contributed by atoms with Crippen molar-refractivity contribution in [2.45, 2.75) is 31.3 Å². The Morgan fingerprint density at radius 2 is 2.10 bits per heavy atom. The molecular weight excluding hydrogens is 264 g/mol. The quantitative estimate of drug-likeness (QED) is 0.827. The molecule has 1 amide bonds. The zero-order valence-corrected chi connectivity index (χ0v) is 12.8. The molecule has 1 heterocycles. The molecule has 1 aliphatic carbocycles. The summed E-state index contributed by atoms with van der Waals surface area (Å²) in [5.74, 6) is -0.0194. The molecule has 114 valence electrons. The molecule has 1 saturated carbocycles. The van der Waals surface area contributed by atoms with E-state index in [2.05, 4.69) is 10.2 Å². The SMILES string of the molecule is CN(C)C(=O)c1ccc(NC2CCN(C3CC3)C2)c(N)c1. The summed E-state index contributed by atoms with van der Waals surface area (Å²) in [5.41, 5.74) is 8.31. The summed E-state index contributed by atoms with van der Waals surface area (Å²) in [6.07, 6.45) is 3.88. The van der Waals surface area contributed by atoms with E-state index in [1.54, 1.807) is 25.1 Å². The van der Waals surface area contributed by atoms with Gasteiger partial charge in [0.05, 0.1) is 11.4 Å². The Kier molecular flexibility index (Phi) is 3.76. The number of likely N-dealkylation sites (tertiary alicyclic amines) is 1. The van der Waals surface area contributed by atoms with Gasteiger partial charge in [0.25, 0.3) is 5.91 Å². The lowest BCUT2D eigenvalue weighted by atomic mass is 10.1. The van der Waals surface area contributed by atoms with Gasteiger partial charge in [-0.1, -0.05) is 0 Å². The number of amides is 1. The maximum atomic E-state index is 11.9. The third-order valence-corrected chi connectivity index (χ3v) is 4.35. The summed E-state index contributed by atoms with van der Waals surface area (Å²) in [5, 5.41) is 3.53. The topological polar surface area (TPSA) is 61.6 Å². The van der Waals surface area contributed by atoms with Gasteiger partial charge in [-0.05, 0) is 37.5 Å². The van der Waals surface area contributed by atoms with Crippen LogP contribution in [0.15, 0.2) is 18.2 Å². The number of benzene rings is 1. The van der Waals surface area contributed by atoms with Crippen molar-refractivity contribution in [3.05, 3.63) is 23.8 Å². The van der Waals surface area contributed by atoms with E-state index in [1.807, 2.05) is 12.1 Å². The third-order valence-electron chi connectivity index (χ3n) is 4.35. The number of rotatable bonds is 4. The highest BCUT2D eigenvalue weighted by molar-refractivity contribution is 5.95. The average molecular weight is 288 g/mol. The van der Waals surface area contributed by atoms with Gasteiger partial charge >= 0.3 is 0 Å². The molecule has 5 nitrogen and oxygen atoms in total. The van der Waals surface area contributed by atoms with Crippen LogP contribution in [0.3, 0.4) is 0 Å². The van der Waals surface area contributed by atoms with Crippen molar-refractivity contribution in [2.24, 2.45) is 0 Å². The number of carbonyl (C=O) groups is 1. The zero-order valence-electron chi connectivity index (χ0n) is 12.8. The lowest BCUT2D eigenvalue weighted by molar-refractivity contribution is 0.0827. The number of nitrogens with two attached hydrogens (primary N) is 1. The van der Waals surface area contributed by atoms with Crippen molar-refractivity contribution in [2.75, 3.05) is 38.2 Å². The van der Waals surface area contributed by atoms with Crippen LogP contribution in [0.2, 0.25) is 0 Å². The Morgan fingerprint density at radius 1 is 1.33 bits per heavy atom. The van der Waals surface area contributed by atoms with Crippen LogP contribution in [0.25, 0.3) is 0 Å². The first-order valence-corrected chi connectivity index (χ1v) is 7.66. The first-order chi connectivity index (χ1) is 10.0. The summed E-state index contributed by atoms with van der Waals surface area (Å²) in [7, 11) is 3.49. The second-order valence-corrected chi connectivity index (χ2v) is 6.36. The van der Waals surface area contributed by atoms with Gasteiger partial charge in [-0.3, -0.25) is 9.69 Å². The van der Waals surface area contributed by atoms with E-state index in [4.69, 9.17) is 5.73 Å². The van der Waals surface area contributed by atoms with E-state index < -0.39 is 0 Å². The van der Waals surface area contributed by atoms with Crippen LogP contribution in [0.5, 0.6) is 0 Å². The minimum atomic E-state index is -0.0194. The summed E-state index contributed by atoms with van der Waals surface area (Å²) < 4.78 is 0. The molecular formula is C16H24N4O. The average Bonchev–Trinajstić information content (AvgIpc) is 3.20. The smallest absolute Gasteiger partial charge is 0.253 e. The van der Waals surface area contributed by atoms with Crippen LogP contribution < -0.4 is 11.1 Å². The third kappa shape index (κ3) is 3.13. The van der Waals surface area contributed by atoms with Gasteiger partial charge in [0, 0.05) is 44.8 Å². The van der Waals surface area contributed by atoms with Crippen LogP contribution >= 0.6 is 0 Å². The molecule has 3 rings (SSSR count). The Bertz CT molecular complexity index is 539. The van der Waals surface area contributed by atoms with Gasteiger partial charge in [-0.25, -0.2) is 0 Å². The number of nitrogen functional groups attached to an aromatic ring is 1. The van der Waals surface area contributed by atoms with Gasteiger partial charge in [0.2, 0.25) is 0 Å². The van der Waals surface area contributed by atoms with Crippen LogP contribution in [-0.2, 0) is 0 Å². The lowest BCUT2D eigenvalue weighted by Crippen LogP contribution is -2.28. The monoisotopic (exact) mass is 288 g/mol. The molecule has 1 aliphatic heterocycles. The number of anilines is 2. The molecule has 2 fully saturated rings. The van der Waals surface area contributed by atoms with Gasteiger partial charge < -0.3 is 16.0 Å². The van der Waals surface area contributed by atoms with Crippen molar-refractivity contribution in [3.8, 4) is 0 Å². The van der Waals surface area contributed by atoms with Crippen molar-refractivity contribution in [1.29, 1.82) is 0 Å². The Hall–Kier alpha value is -1.75. The number of hydrogen-bond acceptors (Lipinski definition) is 4. The largest absolute Gasteiger partial charge is 0.397 e. The highest BCUT2D eigenvalue weighted by Gasteiger charge is 2.34. The van der Waals surface area contributed by atoms with Crippen molar-refractivity contribution in [3.63, 3.8) is 0 Å². The Labute approximate surface area is 126 Å². The summed E-state index contributed by atoms with van der Waals surface area (Å²) in [4.78, 5) is 16.0. The Balaban J connectivity index is 1.64. The maximum absolute atomic E-state index is 11.9. The predicted molar refractivity (Wildman–Crippen MR) is 85.5 cm³/mol. The summed E-state index contributed by atoms with van der Waals surface area (Å²) in [6.45, 7) is 2.28. The second kappa shape index (κ2) is 5.56. The fourth-order valence-electron chi connectivity index (χ4n) is 2.98. The minimum absolute atomic E-state index is 0.0194. The van der Waals surface area contributed by atoms with Gasteiger partial charge in [0.1, 0.15) is 0 Å². The second-order valence-electron chi connectivity index (χ2n) is 6.36. The zero-order chi connectivity index (χ0) is 15.0. The number of nitrogens with one attached hydrogen (secondary N) is 1. The molecule has 1 atom stereocenters. The molecule has 5 heteroatoms. The van der Waals surface area contributed by atoms with Gasteiger partial charge in [-0.2, -0.15) is 0 Å². The van der Waals surface area contributed by atoms with Crippen molar-refractivity contribution >= 4 is 17.3 Å². The maximum Gasteiger partial charge on any atom is 0.253 e. The van der Waals surface area contributed by atoms with Crippen molar-refractivity contribution in [1.82, 2.24) is 9.80 Å². The van der Waals surface area contributed by atoms with Crippen LogP contribution in [0, 0.1) is 0 Å². The first-order valence-electron chi connectivity index (χ1n) is 7.66. The number of hydrogen-bond donors (Lipinski definition) is 2. The molecule has 0 bridgehead atoms. The summed E-state index contributed by atoms with van der Waals surface area (Å²) >= 11 is 0. The molecule has 1 aromatic carbocycles. The standard InChI is InChI=1S/C16H24N4O/c1-19(2)16(21)11-3-6-15(14(17)9-11)18-12-7-8-20(10-12)13-4-5-13/h3,6,9,12-13,18H,4-5,7-8,10,17H2,1-2H3. The Morgan fingerprint density at radius 3 is 2.71 bits per heavy atom. The van der Waals surface area contributed by atoms with E-state index in [0.29, 0.717) is 17.3 Å². The lowest BCUT2D eigenvalue weighted by Gasteiger charge is -2.18. The normalized spacial score (nSPS) is 22.3. The fraction of sp³-hybridized carbons (Fsp3) is 0.562. The molecule has 2 aliphatic rings. The molecule has 1 aromatic rings. The molecule has 0 radical (unpaired) electrons. The predicted octanol–water partition coefficient (Wildman–Crippen LogP) is 1.62. The van der Waals surface area contributed by atoms with E-state index >= 15 is 0 Å². The number of carbonyl (C=O) groups excluding carboxylic acids is 1. The van der Waals surface area contributed by atoms with Gasteiger partial charge in [0.15, 0.2) is 0 Å². The van der Waals surface area contributed by atoms with E-state index in [9.17, 15) is 4.79 Å². The number of nitrogens with zero attached hydrogens (tertiary/aromatic N) is 2. The molecule has 3 N–H and O–H groups in total.